The maximum Gasteiger partial charge on any atom is 0.245 e. The number of likely N-dealkylation sites (N-methyl/N-ethyl adjacent to an activating group) is 2. The quantitative estimate of drug-likeness (QED) is 0.208. The smallest absolute Gasteiger partial charge is 0.245 e. The number of anilines is 1. The van der Waals surface area contributed by atoms with Gasteiger partial charge in [0.15, 0.2) is 0 Å². The van der Waals surface area contributed by atoms with Crippen LogP contribution in [-0.2, 0) is 23.9 Å². The van der Waals surface area contributed by atoms with Gasteiger partial charge in [0.1, 0.15) is 11.8 Å². The van der Waals surface area contributed by atoms with Crippen LogP contribution in [-0.4, -0.2) is 127 Å². The van der Waals surface area contributed by atoms with E-state index in [9.17, 15) is 24.3 Å². The molecule has 1 heterocycles. The number of carbonyl (C=O) groups excluding carboxylic acids is 4. The second-order valence-electron chi connectivity index (χ2n) is 14.6. The molecule has 0 aliphatic carbocycles. The number of carbonyl (C=O) groups is 4. The summed E-state index contributed by atoms with van der Waals surface area (Å²) in [6.07, 6.45) is 4.16. The van der Waals surface area contributed by atoms with Crippen LogP contribution >= 0.6 is 11.8 Å². The number of aromatic hydroxyl groups is 1. The van der Waals surface area contributed by atoms with E-state index in [4.69, 9.17) is 4.74 Å². The van der Waals surface area contributed by atoms with Crippen LogP contribution in [0.15, 0.2) is 24.3 Å². The molecule has 284 valence electrons. The molecule has 0 bridgehead atoms. The molecule has 2 N–H and O–H groups in total. The molecular formula is C38H65N5O6S. The Morgan fingerprint density at radius 2 is 1.70 bits per heavy atom. The van der Waals surface area contributed by atoms with Crippen molar-refractivity contribution >= 4 is 41.1 Å². The third kappa shape index (κ3) is 11.1. The number of nitrogens with one attached hydrogen (secondary N) is 1. The third-order valence-corrected chi connectivity index (χ3v) is 11.3. The van der Waals surface area contributed by atoms with Crippen molar-refractivity contribution in [2.45, 2.75) is 116 Å². The Labute approximate surface area is 305 Å². The molecule has 7 unspecified atom stereocenters. The van der Waals surface area contributed by atoms with E-state index in [1.54, 1.807) is 53.9 Å². The van der Waals surface area contributed by atoms with Crippen LogP contribution in [0.3, 0.4) is 0 Å². The lowest BCUT2D eigenvalue weighted by Crippen LogP contribution is -2.59. The molecule has 4 amide bonds. The summed E-state index contributed by atoms with van der Waals surface area (Å²) in [5, 5.41) is 12.9. The van der Waals surface area contributed by atoms with Gasteiger partial charge in [0.25, 0.3) is 0 Å². The highest BCUT2D eigenvalue weighted by molar-refractivity contribution is 7.99. The number of thioether (sulfide) groups is 1. The molecule has 11 nitrogen and oxygen atoms in total. The van der Waals surface area contributed by atoms with E-state index in [2.05, 4.69) is 19.2 Å². The van der Waals surface area contributed by atoms with Gasteiger partial charge in [0.05, 0.1) is 24.6 Å². The number of likely N-dealkylation sites (tertiary alicyclic amines) is 1. The van der Waals surface area contributed by atoms with Gasteiger partial charge in [-0.2, -0.15) is 11.8 Å². The maximum absolute atomic E-state index is 14.2. The van der Waals surface area contributed by atoms with Gasteiger partial charge in [-0.1, -0.05) is 54.0 Å². The molecule has 2 rings (SSSR count). The van der Waals surface area contributed by atoms with Gasteiger partial charge in [-0.05, 0) is 70.0 Å². The fourth-order valence-electron chi connectivity index (χ4n) is 7.44. The van der Waals surface area contributed by atoms with Crippen molar-refractivity contribution in [1.82, 2.24) is 20.0 Å². The van der Waals surface area contributed by atoms with E-state index < -0.39 is 18.2 Å². The number of hydrogen-bond donors (Lipinski definition) is 2. The summed E-state index contributed by atoms with van der Waals surface area (Å²) in [5.74, 6) is -0.482. The predicted octanol–water partition coefficient (Wildman–Crippen LogP) is 4.86. The van der Waals surface area contributed by atoms with E-state index >= 15 is 0 Å². The number of phenols is 1. The second-order valence-corrected chi connectivity index (χ2v) is 15.7. The molecule has 1 saturated heterocycles. The van der Waals surface area contributed by atoms with Gasteiger partial charge in [0, 0.05) is 56.7 Å². The monoisotopic (exact) mass is 719 g/mol. The topological polar surface area (TPSA) is 123 Å². The molecule has 12 heteroatoms. The minimum absolute atomic E-state index is 0.0128. The molecule has 0 spiro atoms. The van der Waals surface area contributed by atoms with Crippen LogP contribution < -0.4 is 10.2 Å². The van der Waals surface area contributed by atoms with Gasteiger partial charge in [0.2, 0.25) is 23.6 Å². The second kappa shape index (κ2) is 20.3. The number of nitrogens with zero attached hydrogens (tertiary/aromatic N) is 4. The van der Waals surface area contributed by atoms with Gasteiger partial charge in [-0.3, -0.25) is 24.1 Å². The van der Waals surface area contributed by atoms with Crippen molar-refractivity contribution < 1.29 is 29.0 Å². The van der Waals surface area contributed by atoms with Crippen molar-refractivity contribution in [3.05, 3.63) is 24.3 Å². The molecule has 50 heavy (non-hydrogen) atoms. The van der Waals surface area contributed by atoms with E-state index in [1.165, 1.54) is 0 Å². The van der Waals surface area contributed by atoms with Gasteiger partial charge >= 0.3 is 0 Å². The van der Waals surface area contributed by atoms with Crippen molar-refractivity contribution in [1.29, 1.82) is 0 Å². The Bertz CT molecular complexity index is 1250. The van der Waals surface area contributed by atoms with Crippen LogP contribution in [0.4, 0.5) is 5.69 Å². The average molecular weight is 720 g/mol. The molecule has 0 radical (unpaired) electrons. The first kappa shape index (κ1) is 43.3. The van der Waals surface area contributed by atoms with Crippen LogP contribution in [0.2, 0.25) is 0 Å². The summed E-state index contributed by atoms with van der Waals surface area (Å²) in [4.78, 5) is 62.4. The number of amides is 4. The summed E-state index contributed by atoms with van der Waals surface area (Å²) in [7, 11) is 7.07. The number of rotatable bonds is 19. The largest absolute Gasteiger partial charge is 0.508 e. The lowest BCUT2D eigenvalue weighted by Gasteiger charge is -2.41. The van der Waals surface area contributed by atoms with Gasteiger partial charge in [-0.15, -0.1) is 0 Å². The van der Waals surface area contributed by atoms with Gasteiger partial charge in [-0.25, -0.2) is 0 Å². The predicted molar refractivity (Wildman–Crippen MR) is 203 cm³/mol. The number of benzene rings is 1. The Balaban J connectivity index is 2.28. The molecule has 7 atom stereocenters. The zero-order valence-corrected chi connectivity index (χ0v) is 33.5. The minimum Gasteiger partial charge on any atom is -0.508 e. The van der Waals surface area contributed by atoms with Crippen molar-refractivity contribution in [2.75, 3.05) is 52.5 Å². The zero-order valence-electron chi connectivity index (χ0n) is 32.6. The average Bonchev–Trinajstić information content (AvgIpc) is 3.55. The molecule has 1 fully saturated rings. The number of phenolic OH excluding ortho intramolecular Hbond substituents is 1. The standard InChI is InChI=1S/C38H65N5O6S/c1-13-26(7)36(41(10)38(48)34(24(3)4)39-37(47)35(25(5)6)40(8)9)30(49-11)22-32(45)43-20-16-19-29(43)31(50-12)23-33(46)42(14-2)27-17-15-18-28(44)21-27/h15,17-18,21,24-26,29-31,34-36,44H,13-14,16,19-20,22-23H2,1-12H3,(H,39,47). The first-order valence-corrected chi connectivity index (χ1v) is 19.5. The van der Waals surface area contributed by atoms with Crippen molar-refractivity contribution in [2.24, 2.45) is 17.8 Å². The molecule has 1 aromatic rings. The highest BCUT2D eigenvalue weighted by Gasteiger charge is 2.41. The summed E-state index contributed by atoms with van der Waals surface area (Å²) in [6, 6.07) is 5.06. The van der Waals surface area contributed by atoms with Crippen LogP contribution in [0.25, 0.3) is 0 Å². The molecule has 1 aliphatic heterocycles. The van der Waals surface area contributed by atoms with E-state index in [-0.39, 0.29) is 77.3 Å². The Kier molecular flexibility index (Phi) is 17.6. The normalized spacial score (nSPS) is 18.5. The number of methoxy groups -OCH3 is 1. The summed E-state index contributed by atoms with van der Waals surface area (Å²) in [5.41, 5.74) is 0.645. The highest BCUT2D eigenvalue weighted by atomic mass is 32.2. The van der Waals surface area contributed by atoms with Crippen LogP contribution in [0.5, 0.6) is 5.75 Å². The summed E-state index contributed by atoms with van der Waals surface area (Å²) in [6.45, 7) is 14.9. The van der Waals surface area contributed by atoms with Crippen molar-refractivity contribution in [3.8, 4) is 5.75 Å². The fourth-order valence-corrected chi connectivity index (χ4v) is 8.34. The van der Waals surface area contributed by atoms with E-state index in [0.29, 0.717) is 18.8 Å². The first-order chi connectivity index (χ1) is 23.5. The molecule has 1 aromatic carbocycles. The molecular weight excluding hydrogens is 655 g/mol. The fraction of sp³-hybridized carbons (Fsp3) is 0.737. The highest BCUT2D eigenvalue weighted by Crippen LogP contribution is 2.32. The lowest BCUT2D eigenvalue weighted by atomic mass is 9.89. The van der Waals surface area contributed by atoms with Crippen molar-refractivity contribution in [3.63, 3.8) is 0 Å². The van der Waals surface area contributed by atoms with Crippen LogP contribution in [0, 0.1) is 17.8 Å². The SMILES string of the molecule is CCC(C)C(C(CC(=O)N1CCCC1C(CC(=O)N(CC)c1cccc(O)c1)SC)OC)N(C)C(=O)C(NC(=O)C(C(C)C)N(C)C)C(C)C. The Morgan fingerprint density at radius 1 is 1.04 bits per heavy atom. The molecule has 0 aromatic heterocycles. The maximum atomic E-state index is 14.2. The number of ether oxygens (including phenoxy) is 1. The summed E-state index contributed by atoms with van der Waals surface area (Å²) >= 11 is 1.59. The molecule has 1 aliphatic rings. The minimum atomic E-state index is -0.737. The lowest BCUT2D eigenvalue weighted by molar-refractivity contribution is -0.146. The Morgan fingerprint density at radius 3 is 2.20 bits per heavy atom. The summed E-state index contributed by atoms with van der Waals surface area (Å²) < 4.78 is 6.03. The van der Waals surface area contributed by atoms with E-state index in [1.807, 2.05) is 70.8 Å². The van der Waals surface area contributed by atoms with Crippen LogP contribution in [0.1, 0.15) is 80.6 Å². The van der Waals surface area contributed by atoms with Gasteiger partial charge < -0.3 is 29.9 Å². The first-order valence-electron chi connectivity index (χ1n) is 18.2. The third-order valence-electron chi connectivity index (χ3n) is 10.3. The molecule has 0 saturated carbocycles. The van der Waals surface area contributed by atoms with E-state index in [0.717, 1.165) is 19.3 Å². The zero-order chi connectivity index (χ0) is 37.9. The Hall–Kier alpha value is -2.83. The number of hydrogen-bond acceptors (Lipinski definition) is 8.